The minimum atomic E-state index is -1.43. The normalized spacial score (nSPS) is 14.8. The highest BCUT2D eigenvalue weighted by Crippen LogP contribution is 2.29. The lowest BCUT2D eigenvalue weighted by Crippen LogP contribution is -2.45. The summed E-state index contributed by atoms with van der Waals surface area (Å²) in [5.41, 5.74) is 4.08. The van der Waals surface area contributed by atoms with Crippen molar-refractivity contribution in [2.45, 2.75) is 122 Å². The third-order valence-corrected chi connectivity index (χ3v) is 6.40. The summed E-state index contributed by atoms with van der Waals surface area (Å²) in [5, 5.41) is 28.4. The Hall–Kier alpha value is -1.15. The summed E-state index contributed by atoms with van der Waals surface area (Å²) in [5.74, 6) is -1.02. The van der Waals surface area contributed by atoms with Gasteiger partial charge in [-0.1, -0.05) is 70.6 Å². The second-order valence-corrected chi connectivity index (χ2v) is 8.91. The molecule has 5 N–H and O–H groups in total. The van der Waals surface area contributed by atoms with E-state index in [9.17, 15) is 24.6 Å². The number of nitrogens with two attached hydrogens (primary N) is 1. The SMILES string of the molecule is CC(=O)C(CCCCCCCCCCCCC[C@@H](O)[C@@H](O)[C@@H](N)CO)(C(C)=O)C(C)=O. The van der Waals surface area contributed by atoms with E-state index in [0.29, 0.717) is 19.3 Å². The van der Waals surface area contributed by atoms with Gasteiger partial charge in [0.05, 0.1) is 24.9 Å². The van der Waals surface area contributed by atoms with Crippen molar-refractivity contribution >= 4 is 17.3 Å². The number of carbonyl (C=O) groups is 3. The molecule has 3 atom stereocenters. The lowest BCUT2D eigenvalue weighted by atomic mass is 9.73. The molecule has 0 amide bonds. The summed E-state index contributed by atoms with van der Waals surface area (Å²) in [4.78, 5) is 35.7. The van der Waals surface area contributed by atoms with E-state index in [1.54, 1.807) is 0 Å². The molecular weight excluding hydrogens is 398 g/mol. The molecule has 0 aliphatic heterocycles. The molecule has 0 aliphatic rings. The number of carbonyl (C=O) groups excluding carboxylic acids is 3. The minimum Gasteiger partial charge on any atom is -0.395 e. The van der Waals surface area contributed by atoms with Gasteiger partial charge in [-0.2, -0.15) is 0 Å². The fourth-order valence-corrected chi connectivity index (χ4v) is 4.17. The highest BCUT2D eigenvalue weighted by atomic mass is 16.3. The molecule has 182 valence electrons. The molecular formula is C24H45NO6. The highest BCUT2D eigenvalue weighted by Gasteiger charge is 2.44. The van der Waals surface area contributed by atoms with Gasteiger partial charge in [-0.05, 0) is 33.6 Å². The molecule has 7 nitrogen and oxygen atoms in total. The number of aliphatic hydroxyl groups excluding tert-OH is 3. The predicted octanol–water partition coefficient (Wildman–Crippen LogP) is 2.85. The van der Waals surface area contributed by atoms with Crippen LogP contribution in [0.2, 0.25) is 0 Å². The maximum atomic E-state index is 11.9. The van der Waals surface area contributed by atoms with Gasteiger partial charge in [-0.25, -0.2) is 0 Å². The fraction of sp³-hybridized carbons (Fsp3) is 0.875. The Kier molecular flexibility index (Phi) is 15.9. The fourth-order valence-electron chi connectivity index (χ4n) is 4.17. The Morgan fingerprint density at radius 1 is 0.710 bits per heavy atom. The summed E-state index contributed by atoms with van der Waals surface area (Å²) in [6, 6.07) is -0.796. The van der Waals surface area contributed by atoms with Gasteiger partial charge in [0.15, 0.2) is 17.3 Å². The second-order valence-electron chi connectivity index (χ2n) is 8.91. The quantitative estimate of drug-likeness (QED) is 0.168. The van der Waals surface area contributed by atoms with Crippen LogP contribution in [0.3, 0.4) is 0 Å². The van der Waals surface area contributed by atoms with Gasteiger partial charge >= 0.3 is 0 Å². The first-order valence-electron chi connectivity index (χ1n) is 11.9. The maximum Gasteiger partial charge on any atom is 0.150 e. The smallest absolute Gasteiger partial charge is 0.150 e. The van der Waals surface area contributed by atoms with Crippen LogP contribution in [0.15, 0.2) is 0 Å². The van der Waals surface area contributed by atoms with Gasteiger partial charge in [-0.3, -0.25) is 14.4 Å². The van der Waals surface area contributed by atoms with E-state index in [4.69, 9.17) is 10.8 Å². The largest absolute Gasteiger partial charge is 0.395 e. The van der Waals surface area contributed by atoms with Gasteiger partial charge < -0.3 is 21.1 Å². The van der Waals surface area contributed by atoms with Gasteiger partial charge in [0.2, 0.25) is 0 Å². The molecule has 0 saturated carbocycles. The van der Waals surface area contributed by atoms with E-state index in [1.165, 1.54) is 33.6 Å². The zero-order chi connectivity index (χ0) is 23.9. The molecule has 0 radical (unpaired) electrons. The van der Waals surface area contributed by atoms with Crippen LogP contribution in [0.1, 0.15) is 104 Å². The van der Waals surface area contributed by atoms with E-state index in [1.807, 2.05) is 0 Å². The molecule has 0 aromatic carbocycles. The third-order valence-electron chi connectivity index (χ3n) is 6.40. The van der Waals surface area contributed by atoms with Crippen LogP contribution in [0, 0.1) is 5.41 Å². The first kappa shape index (κ1) is 29.9. The minimum absolute atomic E-state index is 0.324. The monoisotopic (exact) mass is 443 g/mol. The number of hydrogen-bond acceptors (Lipinski definition) is 7. The van der Waals surface area contributed by atoms with Gasteiger partial charge in [-0.15, -0.1) is 0 Å². The van der Waals surface area contributed by atoms with Crippen molar-refractivity contribution in [3.05, 3.63) is 0 Å². The van der Waals surface area contributed by atoms with Crippen LogP contribution in [0.25, 0.3) is 0 Å². The van der Waals surface area contributed by atoms with E-state index < -0.39 is 23.7 Å². The van der Waals surface area contributed by atoms with Gasteiger partial charge in [0.25, 0.3) is 0 Å². The molecule has 0 aromatic heterocycles. The van der Waals surface area contributed by atoms with E-state index >= 15 is 0 Å². The van der Waals surface area contributed by atoms with Crippen LogP contribution in [0.4, 0.5) is 0 Å². The second kappa shape index (κ2) is 16.5. The number of unbranched alkanes of at least 4 members (excludes halogenated alkanes) is 10. The molecule has 31 heavy (non-hydrogen) atoms. The Bertz CT molecular complexity index is 500. The zero-order valence-corrected chi connectivity index (χ0v) is 19.8. The van der Waals surface area contributed by atoms with Crippen LogP contribution < -0.4 is 5.73 Å². The molecule has 0 heterocycles. The molecule has 0 unspecified atom stereocenters. The Morgan fingerprint density at radius 2 is 1.06 bits per heavy atom. The van der Waals surface area contributed by atoms with Crippen molar-refractivity contribution in [2.75, 3.05) is 6.61 Å². The number of aliphatic hydroxyl groups is 3. The Morgan fingerprint density at radius 3 is 1.42 bits per heavy atom. The first-order valence-corrected chi connectivity index (χ1v) is 11.9. The number of hydrogen-bond donors (Lipinski definition) is 4. The number of rotatable bonds is 20. The van der Waals surface area contributed by atoms with Crippen molar-refractivity contribution in [1.29, 1.82) is 0 Å². The molecule has 0 saturated heterocycles. The van der Waals surface area contributed by atoms with Crippen molar-refractivity contribution in [2.24, 2.45) is 11.1 Å². The average molecular weight is 444 g/mol. The van der Waals surface area contributed by atoms with E-state index in [2.05, 4.69) is 0 Å². The first-order chi connectivity index (χ1) is 14.6. The molecule has 0 aromatic rings. The summed E-state index contributed by atoms with van der Waals surface area (Å²) >= 11 is 0. The number of ketones is 3. The molecule has 0 spiro atoms. The van der Waals surface area contributed by atoms with Gasteiger partial charge in [0, 0.05) is 0 Å². The van der Waals surface area contributed by atoms with Crippen LogP contribution in [-0.4, -0.2) is 57.5 Å². The third kappa shape index (κ3) is 10.8. The molecule has 0 bridgehead atoms. The number of Topliss-reactive ketones (excluding diaryl/α,β-unsaturated/α-hetero) is 3. The summed E-state index contributed by atoms with van der Waals surface area (Å²) < 4.78 is 0. The summed E-state index contributed by atoms with van der Waals surface area (Å²) in [6.45, 7) is 3.66. The van der Waals surface area contributed by atoms with E-state index in [0.717, 1.165) is 51.4 Å². The molecule has 0 aliphatic carbocycles. The summed E-state index contributed by atoms with van der Waals surface area (Å²) in [6.07, 6.45) is 10.2. The van der Waals surface area contributed by atoms with Crippen molar-refractivity contribution in [1.82, 2.24) is 0 Å². The lowest BCUT2D eigenvalue weighted by Gasteiger charge is -2.25. The van der Waals surface area contributed by atoms with E-state index in [-0.39, 0.29) is 24.0 Å². The average Bonchev–Trinajstić information content (AvgIpc) is 2.71. The maximum absolute atomic E-state index is 11.9. The topological polar surface area (TPSA) is 138 Å². The molecule has 0 fully saturated rings. The Balaban J connectivity index is 3.72. The van der Waals surface area contributed by atoms with Crippen molar-refractivity contribution in [3.63, 3.8) is 0 Å². The Labute approximate surface area is 187 Å². The molecule has 7 heteroatoms. The van der Waals surface area contributed by atoms with Crippen molar-refractivity contribution < 1.29 is 29.7 Å². The summed E-state index contributed by atoms with van der Waals surface area (Å²) in [7, 11) is 0. The van der Waals surface area contributed by atoms with Crippen LogP contribution in [0.5, 0.6) is 0 Å². The predicted molar refractivity (Wildman–Crippen MR) is 122 cm³/mol. The lowest BCUT2D eigenvalue weighted by molar-refractivity contribution is -0.147. The standard InChI is InChI=1S/C24H45NO6/c1-18(27)24(19(2)28,20(3)29)16-14-12-10-8-6-4-5-7-9-11-13-15-22(30)23(31)21(25)17-26/h21-23,26,30-31H,4-17,25H2,1-3H3/t21-,22+,23-/m0/s1. The van der Waals surface area contributed by atoms with Gasteiger partial charge in [0.1, 0.15) is 5.41 Å². The molecule has 0 rings (SSSR count). The van der Waals surface area contributed by atoms with Crippen LogP contribution in [-0.2, 0) is 14.4 Å². The highest BCUT2D eigenvalue weighted by molar-refractivity contribution is 6.22. The van der Waals surface area contributed by atoms with Crippen molar-refractivity contribution in [3.8, 4) is 0 Å². The van der Waals surface area contributed by atoms with Crippen LogP contribution >= 0.6 is 0 Å². The zero-order valence-electron chi connectivity index (χ0n) is 19.8.